The second kappa shape index (κ2) is 11.0. The Bertz CT molecular complexity index is 620. The van der Waals surface area contributed by atoms with Crippen LogP contribution in [-0.2, 0) is 11.2 Å². The number of hydrogen-bond acceptors (Lipinski definition) is 8. The van der Waals surface area contributed by atoms with Gasteiger partial charge in [-0.3, -0.25) is 0 Å². The summed E-state index contributed by atoms with van der Waals surface area (Å²) in [5.74, 6) is 0.373. The van der Waals surface area contributed by atoms with Crippen molar-refractivity contribution in [1.82, 2.24) is 0 Å². The summed E-state index contributed by atoms with van der Waals surface area (Å²) in [5.41, 5.74) is -0.977. The van der Waals surface area contributed by atoms with Crippen LogP contribution in [0.5, 0.6) is 5.75 Å². The van der Waals surface area contributed by atoms with Crippen molar-refractivity contribution in [2.45, 2.75) is 68.4 Å². The highest BCUT2D eigenvalue weighted by Crippen LogP contribution is 2.36. The molecule has 1 heterocycles. The van der Waals surface area contributed by atoms with E-state index in [1.54, 1.807) is 18.2 Å². The SMILES string of the molecule is C=CCc1ccc(O[C@@H]2O[C@H]([C@@H](O)CCCO)[C@@H](O)[C@H](O)[C@]2(O)CCCO)cc1. The molecule has 0 aromatic heterocycles. The third-order valence-corrected chi connectivity index (χ3v) is 5.18. The molecule has 0 bridgehead atoms. The highest BCUT2D eigenvalue weighted by atomic mass is 16.7. The van der Waals surface area contributed by atoms with Crippen LogP contribution < -0.4 is 4.74 Å². The summed E-state index contributed by atoms with van der Waals surface area (Å²) in [6.45, 7) is 3.32. The van der Waals surface area contributed by atoms with Crippen molar-refractivity contribution in [2.75, 3.05) is 13.2 Å². The summed E-state index contributed by atoms with van der Waals surface area (Å²) < 4.78 is 11.5. The van der Waals surface area contributed by atoms with E-state index in [1.165, 1.54) is 0 Å². The largest absolute Gasteiger partial charge is 0.462 e. The minimum Gasteiger partial charge on any atom is -0.462 e. The third-order valence-electron chi connectivity index (χ3n) is 5.18. The van der Waals surface area contributed by atoms with Gasteiger partial charge in [0.15, 0.2) is 5.60 Å². The van der Waals surface area contributed by atoms with E-state index < -0.39 is 36.3 Å². The van der Waals surface area contributed by atoms with Gasteiger partial charge in [0.25, 0.3) is 0 Å². The molecule has 8 nitrogen and oxygen atoms in total. The number of aliphatic hydroxyl groups is 6. The van der Waals surface area contributed by atoms with Gasteiger partial charge in [0, 0.05) is 13.2 Å². The minimum absolute atomic E-state index is 0.0829. The monoisotopic (exact) mass is 412 g/mol. The van der Waals surface area contributed by atoms with Crippen molar-refractivity contribution in [3.8, 4) is 5.75 Å². The third kappa shape index (κ3) is 5.76. The molecule has 0 amide bonds. The number of benzene rings is 1. The number of rotatable bonds is 11. The number of hydrogen-bond donors (Lipinski definition) is 6. The molecule has 8 heteroatoms. The van der Waals surface area contributed by atoms with Crippen LogP contribution in [0.3, 0.4) is 0 Å². The van der Waals surface area contributed by atoms with Crippen LogP contribution in [0, 0.1) is 0 Å². The highest BCUT2D eigenvalue weighted by Gasteiger charge is 2.57. The predicted molar refractivity (Wildman–Crippen MR) is 105 cm³/mol. The average Bonchev–Trinajstić information content (AvgIpc) is 2.72. The molecule has 29 heavy (non-hydrogen) atoms. The summed E-state index contributed by atoms with van der Waals surface area (Å²) >= 11 is 0. The van der Waals surface area contributed by atoms with Crippen molar-refractivity contribution < 1.29 is 40.1 Å². The molecule has 1 fully saturated rings. The van der Waals surface area contributed by atoms with Crippen LogP contribution in [-0.4, -0.2) is 80.2 Å². The fourth-order valence-electron chi connectivity index (χ4n) is 3.49. The first-order valence-electron chi connectivity index (χ1n) is 9.87. The molecule has 164 valence electrons. The molecule has 2 rings (SSSR count). The smallest absolute Gasteiger partial charge is 0.232 e. The van der Waals surface area contributed by atoms with Crippen molar-refractivity contribution in [3.05, 3.63) is 42.5 Å². The Morgan fingerprint density at radius 1 is 1.14 bits per heavy atom. The summed E-state index contributed by atoms with van der Waals surface area (Å²) in [5, 5.41) is 60.6. The van der Waals surface area contributed by atoms with Crippen LogP contribution in [0.2, 0.25) is 0 Å². The lowest BCUT2D eigenvalue weighted by atomic mass is 9.81. The lowest BCUT2D eigenvalue weighted by molar-refractivity contribution is -0.330. The molecule has 0 aliphatic carbocycles. The number of allylic oxidation sites excluding steroid dienone is 1. The van der Waals surface area contributed by atoms with E-state index in [2.05, 4.69) is 6.58 Å². The van der Waals surface area contributed by atoms with Gasteiger partial charge >= 0.3 is 0 Å². The maximum Gasteiger partial charge on any atom is 0.232 e. The zero-order chi connectivity index (χ0) is 21.4. The fourth-order valence-corrected chi connectivity index (χ4v) is 3.49. The van der Waals surface area contributed by atoms with E-state index in [-0.39, 0.29) is 38.9 Å². The van der Waals surface area contributed by atoms with Gasteiger partial charge in [-0.05, 0) is 49.8 Å². The van der Waals surface area contributed by atoms with Crippen LogP contribution in [0.1, 0.15) is 31.2 Å². The second-order valence-electron chi connectivity index (χ2n) is 7.37. The lowest BCUT2D eigenvalue weighted by Gasteiger charge is -2.49. The maximum atomic E-state index is 11.1. The Labute approximate surface area is 170 Å². The first kappa shape index (κ1) is 23.8. The van der Waals surface area contributed by atoms with Crippen molar-refractivity contribution in [2.24, 2.45) is 0 Å². The normalized spacial score (nSPS) is 30.7. The molecular weight excluding hydrogens is 380 g/mol. The zero-order valence-electron chi connectivity index (χ0n) is 16.4. The predicted octanol–water partition coefficient (Wildman–Crippen LogP) is -0.122. The van der Waals surface area contributed by atoms with E-state index in [9.17, 15) is 20.4 Å². The van der Waals surface area contributed by atoms with Crippen molar-refractivity contribution >= 4 is 0 Å². The Kier molecular flexibility index (Phi) is 9.04. The zero-order valence-corrected chi connectivity index (χ0v) is 16.4. The van der Waals surface area contributed by atoms with Crippen LogP contribution >= 0.6 is 0 Å². The Hall–Kier alpha value is -1.52. The maximum absolute atomic E-state index is 11.1. The standard InChI is InChI=1S/C21H32O8/c1-2-5-14-7-9-15(10-8-14)28-20-21(27,11-4-13-23)19(26)17(25)18(29-20)16(24)6-3-12-22/h2,7-10,16-20,22-27H,1,3-6,11-13H2/t16-,17+,18+,19-,20+,21+/m0/s1. The van der Waals surface area contributed by atoms with E-state index in [1.807, 2.05) is 12.1 Å². The summed E-state index contributed by atoms with van der Waals surface area (Å²) in [4.78, 5) is 0. The van der Waals surface area contributed by atoms with Gasteiger partial charge in [-0.25, -0.2) is 0 Å². The molecule has 6 atom stereocenters. The number of aliphatic hydroxyl groups excluding tert-OH is 5. The molecule has 1 aliphatic heterocycles. The molecule has 0 unspecified atom stereocenters. The first-order chi connectivity index (χ1) is 13.9. The van der Waals surface area contributed by atoms with Gasteiger partial charge in [0.05, 0.1) is 6.10 Å². The summed E-state index contributed by atoms with van der Waals surface area (Å²) in [6, 6.07) is 7.02. The van der Waals surface area contributed by atoms with Gasteiger partial charge in [-0.1, -0.05) is 18.2 Å². The minimum atomic E-state index is -1.99. The van der Waals surface area contributed by atoms with E-state index in [0.717, 1.165) is 5.56 Å². The van der Waals surface area contributed by atoms with Gasteiger partial charge < -0.3 is 40.1 Å². The van der Waals surface area contributed by atoms with Crippen LogP contribution in [0.25, 0.3) is 0 Å². The van der Waals surface area contributed by atoms with Gasteiger partial charge in [0.2, 0.25) is 6.29 Å². The molecule has 0 saturated carbocycles. The Balaban J connectivity index is 2.24. The fraction of sp³-hybridized carbons (Fsp3) is 0.619. The molecule has 1 aromatic carbocycles. The van der Waals surface area contributed by atoms with E-state index in [0.29, 0.717) is 12.2 Å². The quantitative estimate of drug-likeness (QED) is 0.277. The Morgan fingerprint density at radius 3 is 2.38 bits per heavy atom. The topological polar surface area (TPSA) is 140 Å². The summed E-state index contributed by atoms with van der Waals surface area (Å²) in [6.07, 6.45) is -4.05. The van der Waals surface area contributed by atoms with Crippen LogP contribution in [0.15, 0.2) is 36.9 Å². The molecule has 6 N–H and O–H groups in total. The lowest BCUT2D eigenvalue weighted by Crippen LogP contribution is -2.69. The molecule has 1 aromatic rings. The van der Waals surface area contributed by atoms with Crippen LogP contribution in [0.4, 0.5) is 0 Å². The molecule has 1 aliphatic rings. The molecular formula is C21H32O8. The molecule has 0 radical (unpaired) electrons. The van der Waals surface area contributed by atoms with Crippen molar-refractivity contribution in [1.29, 1.82) is 0 Å². The highest BCUT2D eigenvalue weighted by molar-refractivity contribution is 5.28. The average molecular weight is 412 g/mol. The van der Waals surface area contributed by atoms with Gasteiger partial charge in [0.1, 0.15) is 24.1 Å². The Morgan fingerprint density at radius 2 is 1.79 bits per heavy atom. The first-order valence-corrected chi connectivity index (χ1v) is 9.87. The number of ether oxygens (including phenoxy) is 2. The van der Waals surface area contributed by atoms with Gasteiger partial charge in [-0.2, -0.15) is 0 Å². The van der Waals surface area contributed by atoms with Crippen molar-refractivity contribution in [3.63, 3.8) is 0 Å². The second-order valence-corrected chi connectivity index (χ2v) is 7.37. The summed E-state index contributed by atoms with van der Waals surface area (Å²) in [7, 11) is 0. The van der Waals surface area contributed by atoms with E-state index in [4.69, 9.17) is 19.7 Å². The van der Waals surface area contributed by atoms with Gasteiger partial charge in [-0.15, -0.1) is 6.58 Å². The van der Waals surface area contributed by atoms with E-state index >= 15 is 0 Å². The molecule has 0 spiro atoms. The molecule has 1 saturated heterocycles.